The summed E-state index contributed by atoms with van der Waals surface area (Å²) in [7, 11) is 0. The van der Waals surface area contributed by atoms with Crippen LogP contribution in [-0.2, 0) is 55.8 Å². The number of carbonyl (C=O) groups excluding carboxylic acids is 5. The maximum Gasteiger partial charge on any atom is 0.321 e. The van der Waals surface area contributed by atoms with Crippen molar-refractivity contribution in [2.75, 3.05) is 56.8 Å². The average Bonchev–Trinajstić information content (AvgIpc) is 3.77. The summed E-state index contributed by atoms with van der Waals surface area (Å²) in [6.07, 6.45) is 7.72. The second-order valence-corrected chi connectivity index (χ2v) is 23.3. The number of amides is 3. The van der Waals surface area contributed by atoms with E-state index >= 15 is 0 Å². The van der Waals surface area contributed by atoms with E-state index in [0.29, 0.717) is 79.8 Å². The average molecular weight is 1120 g/mol. The van der Waals surface area contributed by atoms with Gasteiger partial charge in [0.25, 0.3) is 17.9 Å². The fourth-order valence-corrected chi connectivity index (χ4v) is 10.0. The highest BCUT2D eigenvalue weighted by Crippen LogP contribution is 2.40. The molecule has 1 aliphatic carbocycles. The Kier molecular flexibility index (Phi) is 33.0. The molecule has 4 unspecified atom stereocenters. The van der Waals surface area contributed by atoms with Crippen LogP contribution in [0.15, 0.2) is 35.3 Å². The molecule has 1 saturated carbocycles. The van der Waals surface area contributed by atoms with Gasteiger partial charge in [-0.2, -0.15) is 28.5 Å². The number of fused-ring (bicyclic) bond motifs is 1. The number of benzene rings is 1. The fraction of sp³-hybridized carbons (Fsp3) is 0.648. The molecule has 434 valence electrons. The Morgan fingerprint density at radius 2 is 1.49 bits per heavy atom. The van der Waals surface area contributed by atoms with E-state index in [9.17, 15) is 43.5 Å². The van der Waals surface area contributed by atoms with Crippen molar-refractivity contribution in [1.29, 1.82) is 0 Å². The number of thioether (sulfide) groups is 2. The van der Waals surface area contributed by atoms with Crippen molar-refractivity contribution in [3.63, 3.8) is 0 Å². The van der Waals surface area contributed by atoms with Crippen LogP contribution < -0.4 is 32.6 Å². The van der Waals surface area contributed by atoms with Gasteiger partial charge in [-0.15, -0.1) is 0 Å². The van der Waals surface area contributed by atoms with Crippen molar-refractivity contribution in [1.82, 2.24) is 36.2 Å². The number of carboxylic acid groups (broad SMARTS) is 2. The minimum absolute atomic E-state index is 0.0144. The van der Waals surface area contributed by atoms with E-state index in [0.717, 1.165) is 30.3 Å². The summed E-state index contributed by atoms with van der Waals surface area (Å²) in [5.41, 5.74) is 7.36. The standard InChI is InChI=1S/C30H55N3O8S2.C19H21N5O4.C3H6O.C2H6/c1-28(2,3)19-41-30(7,8)12-11-25(35)32-21(26(36)31-13-14-39-15-16-40-20-34)17-42-23-9-10-24(23)43-18-22(27(37)38)33-29(4,5)6;20-19-23-16-15(18(28)24-19)13(10-22-16)8-5-11-3-6-12(7-4-11)17(27)21-9-1-2-14(25)26;1-2-3-4;1-2/h20-24,33H,9-19H2,1-8H3,(H,31,36)(H,32,35)(H,37,38);3-4,6-7,10H,1-2,5,8-9H2,(H,21,27)(H,25,26)(H4,20,22,23,24,28);3H,2H2,1H3;1-2H3. The Morgan fingerprint density at radius 3 is 2.04 bits per heavy atom. The van der Waals surface area contributed by atoms with Gasteiger partial charge in [0.05, 0.1) is 30.8 Å². The van der Waals surface area contributed by atoms with Crippen LogP contribution in [0.25, 0.3) is 11.0 Å². The number of aldehydes is 1. The van der Waals surface area contributed by atoms with E-state index in [2.05, 4.69) is 61.7 Å². The summed E-state index contributed by atoms with van der Waals surface area (Å²) in [5, 5.41) is 30.9. The molecule has 77 heavy (non-hydrogen) atoms. The summed E-state index contributed by atoms with van der Waals surface area (Å²) in [5.74, 6) is -1.55. The van der Waals surface area contributed by atoms with E-state index in [1.54, 1.807) is 41.9 Å². The monoisotopic (exact) mass is 1120 g/mol. The third-order valence-corrected chi connectivity index (χ3v) is 14.2. The van der Waals surface area contributed by atoms with Crippen LogP contribution in [0.1, 0.15) is 143 Å². The Morgan fingerprint density at radius 1 is 0.870 bits per heavy atom. The molecular formula is C54H88N8O13S2. The number of anilines is 1. The number of hydrogen-bond donors (Lipinski definition) is 9. The Balaban J connectivity index is 0.000000744. The van der Waals surface area contributed by atoms with Crippen molar-refractivity contribution in [3.8, 4) is 0 Å². The van der Waals surface area contributed by atoms with Crippen molar-refractivity contribution < 1.29 is 58.0 Å². The molecule has 4 atom stereocenters. The van der Waals surface area contributed by atoms with Gasteiger partial charge in [0.2, 0.25) is 17.8 Å². The molecule has 2 aromatic heterocycles. The Labute approximate surface area is 462 Å². The van der Waals surface area contributed by atoms with E-state index in [1.807, 2.05) is 67.5 Å². The van der Waals surface area contributed by atoms with Crippen LogP contribution in [-0.4, -0.2) is 152 Å². The number of H-pyrrole nitrogens is 2. The molecule has 0 saturated heterocycles. The SMILES string of the molecule is CC.CC(C)(C)COC(C)(C)CCC(=O)NC(CSC1CCC1SCC(NC(C)(C)C)C(=O)O)C(=O)NCCOCCOC=O.CCC=O.Nc1nc2[nH]cc(CCc3ccc(C(=O)NCCCC(=O)O)cc3)c2c(=O)[nH]1. The first-order valence-corrected chi connectivity index (χ1v) is 28.3. The predicted molar refractivity (Wildman–Crippen MR) is 304 cm³/mol. The molecule has 4 rings (SSSR count). The van der Waals surface area contributed by atoms with Gasteiger partial charge in [0, 0.05) is 71.7 Å². The molecule has 23 heteroatoms. The summed E-state index contributed by atoms with van der Waals surface area (Å²) < 4.78 is 16.0. The number of hydrogen-bond acceptors (Lipinski definition) is 16. The maximum absolute atomic E-state index is 13.1. The zero-order chi connectivity index (χ0) is 58.2. The van der Waals surface area contributed by atoms with Crippen molar-refractivity contribution in [3.05, 3.63) is 57.5 Å². The highest BCUT2D eigenvalue weighted by molar-refractivity contribution is 8.04. The molecule has 3 amide bonds. The number of rotatable bonds is 31. The van der Waals surface area contributed by atoms with Gasteiger partial charge in [0.1, 0.15) is 30.6 Å². The lowest BCUT2D eigenvalue weighted by Gasteiger charge is -2.37. The zero-order valence-electron chi connectivity index (χ0n) is 47.1. The molecule has 0 spiro atoms. The molecule has 0 aliphatic heterocycles. The largest absolute Gasteiger partial charge is 0.481 e. The number of aromatic amines is 2. The minimum atomic E-state index is -0.880. The normalized spacial score (nSPS) is 14.8. The maximum atomic E-state index is 13.1. The summed E-state index contributed by atoms with van der Waals surface area (Å²) >= 11 is 3.29. The summed E-state index contributed by atoms with van der Waals surface area (Å²) in [6, 6.07) is 5.81. The van der Waals surface area contributed by atoms with E-state index in [-0.39, 0.29) is 89.9 Å². The number of nitrogens with zero attached hydrogens (tertiary/aromatic N) is 1. The number of aromatic nitrogens is 3. The topological polar surface area (TPSA) is 323 Å². The van der Waals surface area contributed by atoms with Gasteiger partial charge in [-0.25, -0.2) is 0 Å². The number of nitrogens with one attached hydrogen (secondary N) is 6. The summed E-state index contributed by atoms with van der Waals surface area (Å²) in [6.45, 7) is 24.0. The van der Waals surface area contributed by atoms with Gasteiger partial charge in [-0.05, 0) is 102 Å². The summed E-state index contributed by atoms with van der Waals surface area (Å²) in [4.78, 5) is 101. The van der Waals surface area contributed by atoms with Crippen LogP contribution in [0.5, 0.6) is 0 Å². The van der Waals surface area contributed by atoms with Gasteiger partial charge in [0.15, 0.2) is 0 Å². The molecule has 1 fully saturated rings. The lowest BCUT2D eigenvalue weighted by Crippen LogP contribution is -2.50. The van der Waals surface area contributed by atoms with E-state index < -0.39 is 29.6 Å². The molecule has 10 N–H and O–H groups in total. The third kappa shape index (κ3) is 30.3. The molecular weight excluding hydrogens is 1030 g/mol. The van der Waals surface area contributed by atoms with Crippen molar-refractivity contribution >= 4 is 82.9 Å². The van der Waals surface area contributed by atoms with Crippen molar-refractivity contribution in [2.45, 2.75) is 168 Å². The molecule has 0 bridgehead atoms. The van der Waals surface area contributed by atoms with E-state index in [4.69, 9.17) is 20.3 Å². The van der Waals surface area contributed by atoms with Crippen LogP contribution in [0.2, 0.25) is 0 Å². The smallest absolute Gasteiger partial charge is 0.321 e. The fourth-order valence-electron chi connectivity index (χ4n) is 6.90. The quantitative estimate of drug-likeness (QED) is 0.0261. The first-order chi connectivity index (χ1) is 36.3. The van der Waals surface area contributed by atoms with Gasteiger partial charge in [-0.3, -0.25) is 43.9 Å². The number of aryl methyl sites for hydroxylation is 2. The van der Waals surface area contributed by atoms with Crippen molar-refractivity contribution in [2.24, 2.45) is 5.41 Å². The predicted octanol–water partition coefficient (Wildman–Crippen LogP) is 6.07. The lowest BCUT2D eigenvalue weighted by atomic mass is 9.96. The molecule has 2 heterocycles. The van der Waals surface area contributed by atoms with Crippen LogP contribution in [0.4, 0.5) is 5.95 Å². The van der Waals surface area contributed by atoms with E-state index in [1.165, 1.54) is 0 Å². The molecule has 0 radical (unpaired) electrons. The third-order valence-electron chi connectivity index (χ3n) is 11.0. The van der Waals surface area contributed by atoms with Crippen LogP contribution in [0, 0.1) is 5.41 Å². The number of nitrogens with two attached hydrogens (primary N) is 1. The second kappa shape index (κ2) is 36.6. The number of nitrogen functional groups attached to an aromatic ring is 1. The highest BCUT2D eigenvalue weighted by atomic mass is 32.2. The molecule has 1 aliphatic rings. The number of carbonyl (C=O) groups is 7. The first-order valence-electron chi connectivity index (χ1n) is 26.2. The molecule has 21 nitrogen and oxygen atoms in total. The van der Waals surface area contributed by atoms with Crippen LogP contribution >= 0.6 is 23.5 Å². The molecule has 1 aromatic carbocycles. The number of carboxylic acids is 2. The second-order valence-electron chi connectivity index (χ2n) is 20.7. The van der Waals surface area contributed by atoms with Gasteiger partial charge in [-0.1, -0.05) is 53.7 Å². The lowest BCUT2D eigenvalue weighted by molar-refractivity contribution is -0.139. The number of aliphatic carboxylic acids is 2. The Bertz CT molecular complexity index is 2310. The zero-order valence-corrected chi connectivity index (χ0v) is 48.7. The minimum Gasteiger partial charge on any atom is -0.481 e. The van der Waals surface area contributed by atoms with Gasteiger partial charge < -0.3 is 55.9 Å². The molecule has 3 aromatic rings. The van der Waals surface area contributed by atoms with Gasteiger partial charge >= 0.3 is 11.9 Å². The Hall–Kier alpha value is -5.49. The number of ether oxygens (including phenoxy) is 3. The first kappa shape index (κ1) is 69.5. The highest BCUT2D eigenvalue weighted by Gasteiger charge is 2.35. The van der Waals surface area contributed by atoms with Crippen LogP contribution in [0.3, 0.4) is 0 Å².